The number of thiazole rings is 1. The molecule has 0 bridgehead atoms. The quantitative estimate of drug-likeness (QED) is 0.670. The van der Waals surface area contributed by atoms with E-state index in [-0.39, 0.29) is 11.5 Å². The molecule has 0 aliphatic rings. The van der Waals surface area contributed by atoms with Crippen LogP contribution in [0.1, 0.15) is 43.1 Å². The average molecular weight is 300 g/mol. The van der Waals surface area contributed by atoms with Gasteiger partial charge in [0.1, 0.15) is 0 Å². The van der Waals surface area contributed by atoms with Crippen LogP contribution in [0.3, 0.4) is 0 Å². The Bertz CT molecular complexity index is 544. The summed E-state index contributed by atoms with van der Waals surface area (Å²) in [5, 5.41) is 3.50. The summed E-state index contributed by atoms with van der Waals surface area (Å²) in [6.07, 6.45) is 2.25. The summed E-state index contributed by atoms with van der Waals surface area (Å²) in [6.45, 7) is 6.45. The highest BCUT2D eigenvalue weighted by molar-refractivity contribution is 7.09. The molecule has 2 rings (SSSR count). The average Bonchev–Trinajstić information content (AvgIpc) is 2.94. The molecule has 1 unspecified atom stereocenters. The van der Waals surface area contributed by atoms with Crippen LogP contribution in [0.4, 0.5) is 0 Å². The van der Waals surface area contributed by atoms with E-state index in [4.69, 9.17) is 21.9 Å². The van der Waals surface area contributed by atoms with Gasteiger partial charge in [0.15, 0.2) is 5.22 Å². The minimum atomic E-state index is -0.0924. The highest BCUT2D eigenvalue weighted by atomic mass is 35.5. The van der Waals surface area contributed by atoms with Crippen LogP contribution in [-0.2, 0) is 11.8 Å². The number of nitrogens with zero attached hydrogens (tertiary/aromatic N) is 1. The Balaban J connectivity index is 2.16. The number of aromatic nitrogens is 1. The third-order valence-electron chi connectivity index (χ3n) is 2.92. The molecule has 0 aliphatic carbocycles. The number of nitrogens with two attached hydrogens (primary N) is 1. The topological polar surface area (TPSA) is 64.1 Å². The van der Waals surface area contributed by atoms with Crippen molar-refractivity contribution in [2.24, 2.45) is 5.84 Å². The van der Waals surface area contributed by atoms with E-state index in [1.165, 1.54) is 0 Å². The Kier molecular flexibility index (Phi) is 4.30. The lowest BCUT2D eigenvalue weighted by atomic mass is 9.93. The molecule has 4 nitrogen and oxygen atoms in total. The van der Waals surface area contributed by atoms with E-state index in [9.17, 15) is 0 Å². The Morgan fingerprint density at radius 2 is 2.26 bits per heavy atom. The molecule has 19 heavy (non-hydrogen) atoms. The number of halogens is 1. The minimum Gasteiger partial charge on any atom is -0.453 e. The maximum atomic E-state index is 5.98. The summed E-state index contributed by atoms with van der Waals surface area (Å²) in [7, 11) is 0. The first-order chi connectivity index (χ1) is 8.91. The van der Waals surface area contributed by atoms with Gasteiger partial charge in [-0.2, -0.15) is 0 Å². The van der Waals surface area contributed by atoms with Gasteiger partial charge in [-0.15, -0.1) is 11.3 Å². The van der Waals surface area contributed by atoms with Crippen LogP contribution in [0.2, 0.25) is 5.22 Å². The third kappa shape index (κ3) is 3.36. The molecule has 2 aromatic heterocycles. The summed E-state index contributed by atoms with van der Waals surface area (Å²) < 4.78 is 5.10. The fourth-order valence-corrected chi connectivity index (χ4v) is 3.05. The van der Waals surface area contributed by atoms with Crippen LogP contribution in [-0.4, -0.2) is 4.98 Å². The Morgan fingerprint density at radius 3 is 2.74 bits per heavy atom. The molecule has 0 radical (unpaired) electrons. The van der Waals surface area contributed by atoms with Crippen molar-refractivity contribution in [1.29, 1.82) is 0 Å². The molecule has 0 saturated heterocycles. The lowest BCUT2D eigenvalue weighted by Crippen LogP contribution is -2.29. The fraction of sp³-hybridized carbons (Fsp3) is 0.462. The van der Waals surface area contributed by atoms with Gasteiger partial charge in [0.05, 0.1) is 23.0 Å². The number of rotatable bonds is 4. The first kappa shape index (κ1) is 14.5. The predicted molar refractivity (Wildman–Crippen MR) is 78.3 cm³/mol. The van der Waals surface area contributed by atoms with E-state index < -0.39 is 0 Å². The largest absolute Gasteiger partial charge is 0.453 e. The lowest BCUT2D eigenvalue weighted by molar-refractivity contribution is 0.522. The van der Waals surface area contributed by atoms with Crippen molar-refractivity contribution in [3.8, 4) is 0 Å². The van der Waals surface area contributed by atoms with E-state index in [1.54, 1.807) is 17.6 Å². The molecule has 104 valence electrons. The number of hydrazine groups is 1. The van der Waals surface area contributed by atoms with Gasteiger partial charge in [-0.25, -0.2) is 4.98 Å². The number of nitrogens with one attached hydrogen (secondary N) is 1. The lowest BCUT2D eigenvalue weighted by Gasteiger charge is -2.15. The van der Waals surface area contributed by atoms with Crippen LogP contribution in [0, 0.1) is 0 Å². The third-order valence-corrected chi connectivity index (χ3v) is 4.10. The van der Waals surface area contributed by atoms with Gasteiger partial charge in [-0.3, -0.25) is 11.3 Å². The molecule has 2 heterocycles. The zero-order valence-corrected chi connectivity index (χ0v) is 12.8. The van der Waals surface area contributed by atoms with Crippen LogP contribution >= 0.6 is 22.9 Å². The monoisotopic (exact) mass is 299 g/mol. The number of hydrogen-bond acceptors (Lipinski definition) is 5. The zero-order valence-electron chi connectivity index (χ0n) is 11.2. The van der Waals surface area contributed by atoms with Crippen molar-refractivity contribution < 1.29 is 4.42 Å². The zero-order chi connectivity index (χ0) is 14.0. The van der Waals surface area contributed by atoms with E-state index >= 15 is 0 Å². The van der Waals surface area contributed by atoms with Crippen molar-refractivity contribution in [1.82, 2.24) is 10.4 Å². The van der Waals surface area contributed by atoms with Gasteiger partial charge in [0, 0.05) is 22.8 Å². The van der Waals surface area contributed by atoms with Crippen LogP contribution < -0.4 is 11.3 Å². The molecular weight excluding hydrogens is 282 g/mol. The van der Waals surface area contributed by atoms with Crippen molar-refractivity contribution in [2.75, 3.05) is 0 Å². The van der Waals surface area contributed by atoms with E-state index in [0.29, 0.717) is 11.6 Å². The van der Waals surface area contributed by atoms with Crippen molar-refractivity contribution in [3.05, 3.63) is 39.2 Å². The first-order valence-electron chi connectivity index (χ1n) is 6.05. The second-order valence-electron chi connectivity index (χ2n) is 5.45. The maximum Gasteiger partial charge on any atom is 0.197 e. The second-order valence-corrected chi connectivity index (χ2v) is 6.74. The van der Waals surface area contributed by atoms with Crippen molar-refractivity contribution in [2.45, 2.75) is 38.6 Å². The van der Waals surface area contributed by atoms with Gasteiger partial charge in [0.2, 0.25) is 0 Å². The molecule has 0 spiro atoms. The summed E-state index contributed by atoms with van der Waals surface area (Å²) >= 11 is 7.62. The number of furan rings is 1. The molecule has 0 amide bonds. The molecule has 3 N–H and O–H groups in total. The SMILES string of the molecule is CC(C)(C)c1csc(CC(NN)c2ccoc2Cl)n1. The van der Waals surface area contributed by atoms with Gasteiger partial charge in [-0.05, 0) is 17.7 Å². The Labute approximate surface area is 121 Å². The Hall–Kier alpha value is -0.880. The number of hydrogen-bond donors (Lipinski definition) is 2. The van der Waals surface area contributed by atoms with Crippen molar-refractivity contribution in [3.63, 3.8) is 0 Å². The molecule has 0 aliphatic heterocycles. The summed E-state index contributed by atoms with van der Waals surface area (Å²) in [4.78, 5) is 4.66. The van der Waals surface area contributed by atoms with Crippen LogP contribution in [0.25, 0.3) is 0 Å². The summed E-state index contributed by atoms with van der Waals surface area (Å²) in [6, 6.07) is 1.73. The fourth-order valence-electron chi connectivity index (χ4n) is 1.74. The minimum absolute atomic E-state index is 0.0632. The predicted octanol–water partition coefficient (Wildman–Crippen LogP) is 3.43. The highest BCUT2D eigenvalue weighted by Gasteiger charge is 2.21. The summed E-state index contributed by atoms with van der Waals surface area (Å²) in [5.74, 6) is 5.60. The van der Waals surface area contributed by atoms with Gasteiger partial charge in [-0.1, -0.05) is 20.8 Å². The van der Waals surface area contributed by atoms with Crippen LogP contribution in [0.15, 0.2) is 22.1 Å². The smallest absolute Gasteiger partial charge is 0.197 e. The Morgan fingerprint density at radius 1 is 1.53 bits per heavy atom. The van der Waals surface area contributed by atoms with Gasteiger partial charge >= 0.3 is 0 Å². The van der Waals surface area contributed by atoms with Gasteiger partial charge in [0.25, 0.3) is 0 Å². The molecule has 0 fully saturated rings. The molecule has 0 saturated carbocycles. The first-order valence-corrected chi connectivity index (χ1v) is 7.31. The molecule has 1 atom stereocenters. The normalized spacial score (nSPS) is 13.7. The van der Waals surface area contributed by atoms with Gasteiger partial charge < -0.3 is 4.42 Å². The van der Waals surface area contributed by atoms with Crippen LogP contribution in [0.5, 0.6) is 0 Å². The van der Waals surface area contributed by atoms with Crippen molar-refractivity contribution >= 4 is 22.9 Å². The van der Waals surface area contributed by atoms with E-state index in [0.717, 1.165) is 16.3 Å². The summed E-state index contributed by atoms with van der Waals surface area (Å²) in [5.41, 5.74) is 4.78. The standard InChI is InChI=1S/C13H18ClN3OS/c1-13(2,3)10-7-19-11(16-10)6-9(17-15)8-4-5-18-12(8)14/h4-5,7,9,17H,6,15H2,1-3H3. The molecule has 2 aromatic rings. The van der Waals surface area contributed by atoms with E-state index in [2.05, 4.69) is 36.6 Å². The molecule has 6 heteroatoms. The van der Waals surface area contributed by atoms with E-state index in [1.807, 2.05) is 6.07 Å². The highest BCUT2D eigenvalue weighted by Crippen LogP contribution is 2.29. The maximum absolute atomic E-state index is 5.98. The second kappa shape index (κ2) is 5.63. The molecular formula is C13H18ClN3OS. The molecule has 0 aromatic carbocycles.